The van der Waals surface area contributed by atoms with Crippen LogP contribution in [0.2, 0.25) is 5.02 Å². The average molecular weight is 609 g/mol. The van der Waals surface area contributed by atoms with Crippen LogP contribution in [-0.2, 0) is 31.6 Å². The Labute approximate surface area is 240 Å². The lowest BCUT2D eigenvalue weighted by molar-refractivity contribution is -0.214. The highest BCUT2D eigenvalue weighted by atomic mass is 35.5. The van der Waals surface area contributed by atoms with Gasteiger partial charge in [0.1, 0.15) is 12.6 Å². The van der Waals surface area contributed by atoms with E-state index in [-0.39, 0.29) is 22.0 Å². The number of aryl methyl sites for hydroxylation is 1. The van der Waals surface area contributed by atoms with Gasteiger partial charge in [0, 0.05) is 23.6 Å². The molecule has 4 rings (SSSR count). The van der Waals surface area contributed by atoms with E-state index in [4.69, 9.17) is 16.3 Å². The third-order valence-electron chi connectivity index (χ3n) is 6.80. The first kappa shape index (κ1) is 30.4. The molecule has 0 fully saturated rings. The molecule has 218 valence electrons. The number of hydrogen-bond donors (Lipinski definition) is 3. The maximum absolute atomic E-state index is 15.5. The first-order valence-corrected chi connectivity index (χ1v) is 14.3. The van der Waals surface area contributed by atoms with Gasteiger partial charge in [0.2, 0.25) is 10.0 Å². The Kier molecular flexibility index (Phi) is 8.69. The topological polar surface area (TPSA) is 133 Å². The molecule has 0 aromatic heterocycles. The van der Waals surface area contributed by atoms with Gasteiger partial charge in [-0.1, -0.05) is 59.6 Å². The van der Waals surface area contributed by atoms with Gasteiger partial charge in [0.05, 0.1) is 10.6 Å². The van der Waals surface area contributed by atoms with Crippen LogP contribution < -0.4 is 9.62 Å². The standard InChI is InChI=1S/C28H27ClF2N2O7S/c1-18-7-10-21(11-8-18)41(38,39)32-23(15-19-5-3-2-4-6-19)25(34)40-17-27(37)22-16-20(29)9-12-24(22)33(26(35)36)14-13-28(27,30)31/h2-12,16,23,32,37H,13-15,17H2,1H3,(H,35,36)/t23-,27+/m0/s1. The van der Waals surface area contributed by atoms with Crippen molar-refractivity contribution in [2.75, 3.05) is 18.1 Å². The third kappa shape index (κ3) is 6.51. The molecule has 1 heterocycles. The Morgan fingerprint density at radius 2 is 1.76 bits per heavy atom. The first-order chi connectivity index (χ1) is 19.2. The minimum Gasteiger partial charge on any atom is -0.465 e. The van der Waals surface area contributed by atoms with Crippen molar-refractivity contribution in [1.29, 1.82) is 0 Å². The van der Waals surface area contributed by atoms with E-state index >= 15 is 8.78 Å². The van der Waals surface area contributed by atoms with Gasteiger partial charge >= 0.3 is 12.1 Å². The number of fused-ring (bicyclic) bond motifs is 1. The number of esters is 1. The quantitative estimate of drug-likeness (QED) is 0.321. The van der Waals surface area contributed by atoms with Crippen molar-refractivity contribution < 1.29 is 41.7 Å². The molecule has 3 aromatic rings. The van der Waals surface area contributed by atoms with Crippen LogP contribution in [0.25, 0.3) is 0 Å². The molecular formula is C28H27ClF2N2O7S. The highest BCUT2D eigenvalue weighted by Crippen LogP contribution is 2.47. The number of amides is 1. The number of nitrogens with zero attached hydrogens (tertiary/aromatic N) is 1. The summed E-state index contributed by atoms with van der Waals surface area (Å²) in [5.41, 5.74) is -2.63. The number of alkyl halides is 2. The van der Waals surface area contributed by atoms with Crippen LogP contribution in [0.15, 0.2) is 77.7 Å². The van der Waals surface area contributed by atoms with Gasteiger partial charge in [-0.3, -0.25) is 9.69 Å². The van der Waals surface area contributed by atoms with Gasteiger partial charge in [-0.2, -0.15) is 4.72 Å². The lowest BCUT2D eigenvalue weighted by Gasteiger charge is -2.35. The van der Waals surface area contributed by atoms with Crippen molar-refractivity contribution in [2.45, 2.75) is 42.2 Å². The van der Waals surface area contributed by atoms with Crippen LogP contribution in [0.5, 0.6) is 0 Å². The number of carboxylic acid groups (broad SMARTS) is 1. The van der Waals surface area contributed by atoms with E-state index in [1.165, 1.54) is 24.3 Å². The Hall–Kier alpha value is -3.58. The van der Waals surface area contributed by atoms with Gasteiger partial charge in [0.15, 0.2) is 5.60 Å². The first-order valence-electron chi connectivity index (χ1n) is 12.4. The van der Waals surface area contributed by atoms with Crippen molar-refractivity contribution in [3.05, 3.63) is 94.5 Å². The third-order valence-corrected chi connectivity index (χ3v) is 8.52. The molecule has 0 saturated heterocycles. The van der Waals surface area contributed by atoms with Crippen molar-refractivity contribution in [3.8, 4) is 0 Å². The lowest BCUT2D eigenvalue weighted by Crippen LogP contribution is -2.51. The van der Waals surface area contributed by atoms with Crippen LogP contribution in [0, 0.1) is 6.92 Å². The number of halogens is 3. The molecule has 0 bridgehead atoms. The molecule has 2 atom stereocenters. The number of carbonyl (C=O) groups is 2. The highest BCUT2D eigenvalue weighted by Gasteiger charge is 2.58. The van der Waals surface area contributed by atoms with Gasteiger partial charge < -0.3 is 14.9 Å². The highest BCUT2D eigenvalue weighted by molar-refractivity contribution is 7.89. The Morgan fingerprint density at radius 3 is 2.39 bits per heavy atom. The summed E-state index contributed by atoms with van der Waals surface area (Å²) < 4.78 is 64.6. The number of nitrogens with one attached hydrogen (secondary N) is 1. The zero-order valence-electron chi connectivity index (χ0n) is 21.8. The minimum absolute atomic E-state index is 0.0654. The fraction of sp³-hybridized carbons (Fsp3) is 0.286. The normalized spacial score (nSPS) is 19.1. The number of sulfonamides is 1. The zero-order chi connectivity index (χ0) is 30.0. The lowest BCUT2D eigenvalue weighted by atomic mass is 9.86. The van der Waals surface area contributed by atoms with Crippen molar-refractivity contribution >= 4 is 39.4 Å². The van der Waals surface area contributed by atoms with E-state index in [0.29, 0.717) is 10.5 Å². The second kappa shape index (κ2) is 11.7. The molecule has 1 amide bonds. The van der Waals surface area contributed by atoms with Crippen LogP contribution in [-0.4, -0.2) is 55.8 Å². The average Bonchev–Trinajstić information content (AvgIpc) is 3.00. The van der Waals surface area contributed by atoms with Crippen LogP contribution in [0.1, 0.15) is 23.1 Å². The molecule has 13 heteroatoms. The van der Waals surface area contributed by atoms with Crippen LogP contribution >= 0.6 is 11.6 Å². The summed E-state index contributed by atoms with van der Waals surface area (Å²) in [6.07, 6.45) is -2.80. The number of rotatable bonds is 8. The van der Waals surface area contributed by atoms with Crippen LogP contribution in [0.4, 0.5) is 19.3 Å². The molecular weight excluding hydrogens is 582 g/mol. The largest absolute Gasteiger partial charge is 0.465 e. The van der Waals surface area contributed by atoms with E-state index in [1.54, 1.807) is 49.4 Å². The smallest absolute Gasteiger partial charge is 0.411 e. The van der Waals surface area contributed by atoms with Gasteiger partial charge in [-0.15, -0.1) is 0 Å². The Bertz CT molecular complexity index is 1540. The number of anilines is 1. The summed E-state index contributed by atoms with van der Waals surface area (Å²) in [7, 11) is -4.25. The van der Waals surface area contributed by atoms with E-state index in [0.717, 1.165) is 11.6 Å². The number of ether oxygens (including phenoxy) is 1. The van der Waals surface area contributed by atoms with Crippen molar-refractivity contribution in [3.63, 3.8) is 0 Å². The summed E-state index contributed by atoms with van der Waals surface area (Å²) in [6, 6.07) is 16.1. The van der Waals surface area contributed by atoms with Gasteiger partial charge in [-0.25, -0.2) is 22.0 Å². The fourth-order valence-corrected chi connectivity index (χ4v) is 5.86. The zero-order valence-corrected chi connectivity index (χ0v) is 23.3. The predicted molar refractivity (Wildman–Crippen MR) is 147 cm³/mol. The molecule has 3 aromatic carbocycles. The van der Waals surface area contributed by atoms with E-state index < -0.39 is 64.8 Å². The monoisotopic (exact) mass is 608 g/mol. The molecule has 9 nitrogen and oxygen atoms in total. The SMILES string of the molecule is Cc1ccc(S(=O)(=O)N[C@@H](Cc2ccccc2)C(=O)OC[C@@]2(O)c3cc(Cl)ccc3N(C(=O)O)CCC2(F)F)cc1. The van der Waals surface area contributed by atoms with E-state index in [2.05, 4.69) is 4.72 Å². The molecule has 0 spiro atoms. The second-order valence-corrected chi connectivity index (χ2v) is 11.8. The summed E-state index contributed by atoms with van der Waals surface area (Å²) in [5.74, 6) is -5.19. The summed E-state index contributed by atoms with van der Waals surface area (Å²) in [4.78, 5) is 25.6. The maximum atomic E-state index is 15.5. The molecule has 1 aliphatic rings. The summed E-state index contributed by atoms with van der Waals surface area (Å²) in [5, 5.41) is 20.9. The number of hydrogen-bond acceptors (Lipinski definition) is 6. The molecule has 0 unspecified atom stereocenters. The molecule has 0 radical (unpaired) electrons. The summed E-state index contributed by atoms with van der Waals surface area (Å²) in [6.45, 7) is -0.189. The molecule has 3 N–H and O–H groups in total. The van der Waals surface area contributed by atoms with Crippen molar-refractivity contribution in [2.24, 2.45) is 0 Å². The maximum Gasteiger partial charge on any atom is 0.411 e. The second-order valence-electron chi connectivity index (χ2n) is 9.69. The van der Waals surface area contributed by atoms with E-state index in [9.17, 15) is 28.2 Å². The van der Waals surface area contributed by atoms with Gasteiger partial charge in [0.25, 0.3) is 5.92 Å². The van der Waals surface area contributed by atoms with Gasteiger partial charge in [-0.05, 0) is 49.2 Å². The molecule has 41 heavy (non-hydrogen) atoms. The minimum atomic E-state index is -4.25. The number of carbonyl (C=O) groups excluding carboxylic acids is 1. The predicted octanol–water partition coefficient (Wildman–Crippen LogP) is 4.49. The Morgan fingerprint density at radius 1 is 1.10 bits per heavy atom. The molecule has 1 aliphatic heterocycles. The summed E-state index contributed by atoms with van der Waals surface area (Å²) >= 11 is 6.02. The number of benzene rings is 3. The van der Waals surface area contributed by atoms with Crippen molar-refractivity contribution in [1.82, 2.24) is 4.72 Å². The molecule has 0 saturated carbocycles. The Balaban J connectivity index is 1.67. The van der Waals surface area contributed by atoms with Crippen LogP contribution in [0.3, 0.4) is 0 Å². The van der Waals surface area contributed by atoms with E-state index in [1.807, 2.05) is 0 Å². The fourth-order valence-electron chi connectivity index (χ4n) is 4.51. The number of aliphatic hydroxyl groups is 1. The molecule has 0 aliphatic carbocycles.